The Morgan fingerprint density at radius 2 is 1.62 bits per heavy atom. The second kappa shape index (κ2) is 10.6. The van der Waals surface area contributed by atoms with Crippen molar-refractivity contribution in [1.82, 2.24) is 15.0 Å². The lowest BCUT2D eigenvalue weighted by atomic mass is 10.1. The van der Waals surface area contributed by atoms with Gasteiger partial charge in [0.25, 0.3) is 11.8 Å². The van der Waals surface area contributed by atoms with Crippen LogP contribution in [0.1, 0.15) is 52.1 Å². The maximum Gasteiger partial charge on any atom is 0.255 e. The highest BCUT2D eigenvalue weighted by atomic mass is 32.2. The number of aromatic nitrogens is 1. The molecule has 1 aromatic heterocycles. The van der Waals surface area contributed by atoms with Crippen LogP contribution in [0.15, 0.2) is 77.8 Å². The van der Waals surface area contributed by atoms with Gasteiger partial charge in [-0.15, -0.1) is 0 Å². The third-order valence-corrected chi connectivity index (χ3v) is 7.14. The first-order valence-corrected chi connectivity index (χ1v) is 12.6. The minimum atomic E-state index is -3.71. The molecule has 4 rings (SSSR count). The van der Waals surface area contributed by atoms with Crippen molar-refractivity contribution in [1.29, 1.82) is 0 Å². The number of carbonyl (C=O) groups is 2. The molecule has 1 saturated carbocycles. The molecule has 1 fully saturated rings. The van der Waals surface area contributed by atoms with E-state index in [2.05, 4.69) is 20.3 Å². The molecule has 2 amide bonds. The first-order chi connectivity index (χ1) is 16.4. The zero-order valence-corrected chi connectivity index (χ0v) is 19.3. The van der Waals surface area contributed by atoms with Gasteiger partial charge in [0.1, 0.15) is 0 Å². The summed E-state index contributed by atoms with van der Waals surface area (Å²) in [4.78, 5) is 29.5. The zero-order valence-electron chi connectivity index (χ0n) is 18.5. The van der Waals surface area contributed by atoms with Gasteiger partial charge < -0.3 is 10.6 Å². The second-order valence-corrected chi connectivity index (χ2v) is 9.88. The van der Waals surface area contributed by atoms with Gasteiger partial charge in [-0.1, -0.05) is 31.0 Å². The summed E-state index contributed by atoms with van der Waals surface area (Å²) < 4.78 is 28.1. The van der Waals surface area contributed by atoms with Crippen LogP contribution in [0.5, 0.6) is 0 Å². The molecule has 8 nitrogen and oxygen atoms in total. The lowest BCUT2D eigenvalue weighted by Crippen LogP contribution is -2.32. The number of benzene rings is 2. The Balaban J connectivity index is 1.41. The number of nitrogens with zero attached hydrogens (tertiary/aromatic N) is 1. The minimum Gasteiger partial charge on any atom is -0.346 e. The molecular weight excluding hydrogens is 452 g/mol. The van der Waals surface area contributed by atoms with Gasteiger partial charge in [-0.05, 0) is 61.4 Å². The van der Waals surface area contributed by atoms with Crippen LogP contribution < -0.4 is 15.4 Å². The summed E-state index contributed by atoms with van der Waals surface area (Å²) in [6, 6.07) is 17.9. The molecule has 1 heterocycles. The van der Waals surface area contributed by atoms with Gasteiger partial charge >= 0.3 is 0 Å². The fourth-order valence-corrected chi connectivity index (χ4v) is 5.20. The minimum absolute atomic E-state index is 0.0506. The van der Waals surface area contributed by atoms with Crippen molar-refractivity contribution < 1.29 is 18.0 Å². The third kappa shape index (κ3) is 6.06. The third-order valence-electron chi connectivity index (χ3n) is 5.62. The second-order valence-electron chi connectivity index (χ2n) is 8.17. The van der Waals surface area contributed by atoms with Crippen molar-refractivity contribution in [2.75, 3.05) is 5.32 Å². The number of rotatable bonds is 8. The maximum absolute atomic E-state index is 12.8. The lowest BCUT2D eigenvalue weighted by Gasteiger charge is -2.13. The van der Waals surface area contributed by atoms with Crippen molar-refractivity contribution in [3.05, 3.63) is 89.7 Å². The highest BCUT2D eigenvalue weighted by Crippen LogP contribution is 2.21. The predicted octanol–water partition coefficient (Wildman–Crippen LogP) is 3.48. The van der Waals surface area contributed by atoms with E-state index in [0.29, 0.717) is 11.3 Å². The number of carbonyl (C=O) groups excluding carboxylic acids is 2. The number of hydrogen-bond donors (Lipinski definition) is 3. The number of pyridine rings is 1. The molecule has 0 saturated heterocycles. The smallest absolute Gasteiger partial charge is 0.255 e. The van der Waals surface area contributed by atoms with Crippen LogP contribution in [0.3, 0.4) is 0 Å². The monoisotopic (exact) mass is 478 g/mol. The fourth-order valence-electron chi connectivity index (χ4n) is 3.85. The van der Waals surface area contributed by atoms with E-state index in [1.54, 1.807) is 48.7 Å². The van der Waals surface area contributed by atoms with Crippen LogP contribution in [0.4, 0.5) is 5.69 Å². The van der Waals surface area contributed by atoms with E-state index in [1.165, 1.54) is 12.1 Å². The molecule has 9 heteroatoms. The van der Waals surface area contributed by atoms with Crippen molar-refractivity contribution in [2.24, 2.45) is 0 Å². The van der Waals surface area contributed by atoms with Gasteiger partial charge in [0, 0.05) is 29.1 Å². The van der Waals surface area contributed by atoms with E-state index in [0.717, 1.165) is 31.4 Å². The molecule has 0 aliphatic heterocycles. The predicted molar refractivity (Wildman–Crippen MR) is 129 cm³/mol. The molecular formula is C25H26N4O4S. The highest BCUT2D eigenvalue weighted by molar-refractivity contribution is 7.89. The summed E-state index contributed by atoms with van der Waals surface area (Å²) >= 11 is 0. The summed E-state index contributed by atoms with van der Waals surface area (Å²) in [5, 5.41) is 5.53. The molecule has 34 heavy (non-hydrogen) atoms. The molecule has 0 atom stereocenters. The quantitative estimate of drug-likeness (QED) is 0.458. The fraction of sp³-hybridized carbons (Fsp3) is 0.240. The molecule has 3 aromatic rings. The van der Waals surface area contributed by atoms with Crippen LogP contribution in [0.25, 0.3) is 0 Å². The van der Waals surface area contributed by atoms with E-state index in [1.807, 2.05) is 12.1 Å². The van der Waals surface area contributed by atoms with Gasteiger partial charge in [0.05, 0.1) is 17.1 Å². The van der Waals surface area contributed by atoms with Crippen LogP contribution in [-0.4, -0.2) is 31.3 Å². The van der Waals surface area contributed by atoms with E-state index >= 15 is 0 Å². The summed E-state index contributed by atoms with van der Waals surface area (Å²) in [6.07, 6.45) is 5.32. The largest absolute Gasteiger partial charge is 0.346 e. The van der Waals surface area contributed by atoms with Gasteiger partial charge in [0.15, 0.2) is 0 Å². The molecule has 0 bridgehead atoms. The molecule has 1 aliphatic rings. The SMILES string of the molecule is O=C(NCc1ccccn1)c1cccc(NC(=O)c2cccc(S(=O)(=O)NC3CCCC3)c2)c1. The number of hydrogen-bond acceptors (Lipinski definition) is 5. The van der Waals surface area contributed by atoms with E-state index in [9.17, 15) is 18.0 Å². The Hall–Kier alpha value is -3.56. The number of anilines is 1. The van der Waals surface area contributed by atoms with Gasteiger partial charge in [-0.2, -0.15) is 0 Å². The first kappa shape index (κ1) is 23.6. The van der Waals surface area contributed by atoms with Gasteiger partial charge in [-0.3, -0.25) is 14.6 Å². The Kier molecular flexibility index (Phi) is 7.34. The molecule has 2 aromatic carbocycles. The van der Waals surface area contributed by atoms with Gasteiger partial charge in [-0.25, -0.2) is 13.1 Å². The van der Waals surface area contributed by atoms with Crippen LogP contribution >= 0.6 is 0 Å². The molecule has 0 spiro atoms. The van der Waals surface area contributed by atoms with Crippen LogP contribution in [-0.2, 0) is 16.6 Å². The zero-order chi connectivity index (χ0) is 24.0. The van der Waals surface area contributed by atoms with Crippen molar-refractivity contribution >= 4 is 27.5 Å². The topological polar surface area (TPSA) is 117 Å². The van der Waals surface area contributed by atoms with E-state index < -0.39 is 15.9 Å². The molecule has 176 valence electrons. The highest BCUT2D eigenvalue weighted by Gasteiger charge is 2.23. The molecule has 0 unspecified atom stereocenters. The maximum atomic E-state index is 12.8. The standard InChI is InChI=1S/C25H26N4O4S/c30-24(27-17-22-11-3-4-14-26-22)18-7-5-12-21(15-18)28-25(31)19-8-6-13-23(16-19)34(32,33)29-20-9-1-2-10-20/h3-8,11-16,20,29H,1-2,9-10,17H2,(H,27,30)(H,28,31). The average molecular weight is 479 g/mol. The normalized spacial score (nSPS) is 14.0. The van der Waals surface area contributed by atoms with Gasteiger partial charge in [0.2, 0.25) is 10.0 Å². The number of nitrogens with one attached hydrogen (secondary N) is 3. The molecule has 3 N–H and O–H groups in total. The number of sulfonamides is 1. The van der Waals surface area contributed by atoms with Crippen molar-refractivity contribution in [2.45, 2.75) is 43.2 Å². The average Bonchev–Trinajstić information content (AvgIpc) is 3.36. The number of amides is 2. The lowest BCUT2D eigenvalue weighted by molar-refractivity contribution is 0.0949. The van der Waals surface area contributed by atoms with E-state index in [4.69, 9.17) is 0 Å². The Morgan fingerprint density at radius 3 is 2.35 bits per heavy atom. The van der Waals surface area contributed by atoms with Crippen molar-refractivity contribution in [3.63, 3.8) is 0 Å². The summed E-state index contributed by atoms with van der Waals surface area (Å²) in [7, 11) is -3.71. The summed E-state index contributed by atoms with van der Waals surface area (Å²) in [5.41, 5.74) is 1.75. The molecule has 1 aliphatic carbocycles. The summed E-state index contributed by atoms with van der Waals surface area (Å²) in [5.74, 6) is -0.767. The Labute approximate surface area is 198 Å². The Morgan fingerprint density at radius 1 is 0.882 bits per heavy atom. The molecule has 0 radical (unpaired) electrons. The van der Waals surface area contributed by atoms with E-state index in [-0.39, 0.29) is 29.0 Å². The Bertz CT molecular complexity index is 1270. The van der Waals surface area contributed by atoms with Crippen molar-refractivity contribution in [3.8, 4) is 0 Å². The first-order valence-electron chi connectivity index (χ1n) is 11.1. The van der Waals surface area contributed by atoms with Crippen LogP contribution in [0, 0.1) is 0 Å². The van der Waals surface area contributed by atoms with Crippen LogP contribution in [0.2, 0.25) is 0 Å². The summed E-state index contributed by atoms with van der Waals surface area (Å²) in [6.45, 7) is 0.284.